The lowest BCUT2D eigenvalue weighted by Gasteiger charge is -2.22. The molecular weight excluding hydrogens is 295 g/mol. The fraction of sp³-hybridized carbons (Fsp3) is 0.455. The summed E-state index contributed by atoms with van der Waals surface area (Å²) >= 11 is 11.6. The Morgan fingerprint density at radius 2 is 2.00 bits per heavy atom. The smallest absolute Gasteiger partial charge is 0.271 e. The number of amides is 1. The van der Waals surface area contributed by atoms with E-state index in [2.05, 4.69) is 10.3 Å². The molecule has 0 aromatic carbocycles. The van der Waals surface area contributed by atoms with Gasteiger partial charge in [0.25, 0.3) is 5.91 Å². The zero-order valence-electron chi connectivity index (χ0n) is 9.49. The van der Waals surface area contributed by atoms with E-state index in [-0.39, 0.29) is 27.8 Å². The number of nitrogens with one attached hydrogen (secondary N) is 1. The van der Waals surface area contributed by atoms with Crippen molar-refractivity contribution in [3.05, 3.63) is 28.0 Å². The van der Waals surface area contributed by atoms with Gasteiger partial charge in [0.05, 0.1) is 5.02 Å². The zero-order chi connectivity index (χ0) is 13.1. The molecule has 0 unspecified atom stereocenters. The van der Waals surface area contributed by atoms with E-state index in [0.717, 1.165) is 12.8 Å². The van der Waals surface area contributed by atoms with Crippen molar-refractivity contribution in [3.8, 4) is 0 Å². The molecular formula is C11H12Cl2N2O2S. The molecule has 1 saturated heterocycles. The van der Waals surface area contributed by atoms with E-state index in [1.165, 1.54) is 6.07 Å². The van der Waals surface area contributed by atoms with Gasteiger partial charge in [-0.05, 0) is 25.0 Å². The Kier molecular flexibility index (Phi) is 4.59. The fourth-order valence-electron chi connectivity index (χ4n) is 1.77. The number of rotatable bonds is 2. The van der Waals surface area contributed by atoms with Crippen LogP contribution in [0, 0.1) is 0 Å². The Labute approximate surface area is 118 Å². The van der Waals surface area contributed by atoms with E-state index >= 15 is 0 Å². The van der Waals surface area contributed by atoms with Crippen LogP contribution >= 0.6 is 23.2 Å². The Morgan fingerprint density at radius 3 is 2.67 bits per heavy atom. The number of nitrogens with zero attached hydrogens (tertiary/aromatic N) is 1. The second kappa shape index (κ2) is 5.99. The van der Waals surface area contributed by atoms with Gasteiger partial charge in [-0.25, -0.2) is 4.98 Å². The van der Waals surface area contributed by atoms with E-state index in [9.17, 15) is 9.00 Å². The van der Waals surface area contributed by atoms with Crippen LogP contribution in [0.1, 0.15) is 23.3 Å². The lowest BCUT2D eigenvalue weighted by atomic mass is 10.1. The Balaban J connectivity index is 2.03. The van der Waals surface area contributed by atoms with Crippen LogP contribution in [-0.4, -0.2) is 32.6 Å². The van der Waals surface area contributed by atoms with Gasteiger partial charge in [-0.2, -0.15) is 0 Å². The predicted molar refractivity (Wildman–Crippen MR) is 72.6 cm³/mol. The molecule has 4 nitrogen and oxygen atoms in total. The molecule has 0 spiro atoms. The van der Waals surface area contributed by atoms with Crippen molar-refractivity contribution < 1.29 is 9.00 Å². The van der Waals surface area contributed by atoms with E-state index in [0.29, 0.717) is 11.5 Å². The summed E-state index contributed by atoms with van der Waals surface area (Å²) in [6.45, 7) is 0. The number of halogens is 2. The average molecular weight is 307 g/mol. The van der Waals surface area contributed by atoms with Crippen LogP contribution in [0.5, 0.6) is 0 Å². The largest absolute Gasteiger partial charge is 0.348 e. The molecule has 0 radical (unpaired) electrons. The monoisotopic (exact) mass is 306 g/mol. The minimum atomic E-state index is -0.742. The summed E-state index contributed by atoms with van der Waals surface area (Å²) in [5, 5.41) is 3.35. The molecule has 1 aromatic heterocycles. The molecule has 98 valence electrons. The Hall–Kier alpha value is -0.650. The van der Waals surface area contributed by atoms with E-state index in [1.807, 2.05) is 0 Å². The molecule has 1 aliphatic heterocycles. The molecule has 1 aromatic rings. The lowest BCUT2D eigenvalue weighted by Crippen LogP contribution is -2.40. The highest BCUT2D eigenvalue weighted by molar-refractivity contribution is 7.85. The van der Waals surface area contributed by atoms with Crippen molar-refractivity contribution in [1.82, 2.24) is 10.3 Å². The first-order valence-corrected chi connectivity index (χ1v) is 7.78. The summed E-state index contributed by atoms with van der Waals surface area (Å²) < 4.78 is 11.2. The van der Waals surface area contributed by atoms with Crippen molar-refractivity contribution >= 4 is 39.9 Å². The third kappa shape index (κ3) is 3.43. The number of hydrogen-bond acceptors (Lipinski definition) is 3. The van der Waals surface area contributed by atoms with Crippen LogP contribution in [-0.2, 0) is 10.8 Å². The highest BCUT2D eigenvalue weighted by Gasteiger charge is 2.21. The van der Waals surface area contributed by atoms with Crippen molar-refractivity contribution in [3.63, 3.8) is 0 Å². The maximum Gasteiger partial charge on any atom is 0.271 e. The van der Waals surface area contributed by atoms with E-state index in [4.69, 9.17) is 23.2 Å². The average Bonchev–Trinajstić information content (AvgIpc) is 2.35. The van der Waals surface area contributed by atoms with Gasteiger partial charge in [-0.1, -0.05) is 23.2 Å². The Morgan fingerprint density at radius 1 is 1.33 bits per heavy atom. The van der Waals surface area contributed by atoms with Gasteiger partial charge in [0.1, 0.15) is 10.8 Å². The van der Waals surface area contributed by atoms with Gasteiger partial charge in [-0.15, -0.1) is 0 Å². The fourth-order valence-corrected chi connectivity index (χ4v) is 3.41. The van der Waals surface area contributed by atoms with Crippen molar-refractivity contribution in [2.24, 2.45) is 0 Å². The molecule has 2 heterocycles. The van der Waals surface area contributed by atoms with Crippen LogP contribution in [0.25, 0.3) is 0 Å². The maximum atomic E-state index is 12.0. The standard InChI is InChI=1S/C11H12Cl2N2O2S/c12-8-1-2-9(13)15-10(8)11(16)14-7-3-5-18(17)6-4-7/h1-2,7H,3-6H2,(H,14,16). The third-order valence-corrected chi connectivity index (χ3v) is 4.65. The molecule has 0 bridgehead atoms. The first-order chi connectivity index (χ1) is 8.56. The molecule has 1 aliphatic rings. The highest BCUT2D eigenvalue weighted by Crippen LogP contribution is 2.17. The number of carbonyl (C=O) groups excluding carboxylic acids is 1. The summed E-state index contributed by atoms with van der Waals surface area (Å²) in [6, 6.07) is 3.11. The summed E-state index contributed by atoms with van der Waals surface area (Å²) in [5.74, 6) is 0.920. The first-order valence-electron chi connectivity index (χ1n) is 5.54. The van der Waals surface area contributed by atoms with E-state index < -0.39 is 10.8 Å². The molecule has 0 aliphatic carbocycles. The third-order valence-electron chi connectivity index (χ3n) is 2.75. The SMILES string of the molecule is O=C(NC1CCS(=O)CC1)c1nc(Cl)ccc1Cl. The summed E-state index contributed by atoms with van der Waals surface area (Å²) in [5.41, 5.74) is 0.135. The minimum absolute atomic E-state index is 0.0343. The molecule has 0 atom stereocenters. The quantitative estimate of drug-likeness (QED) is 0.851. The number of aromatic nitrogens is 1. The van der Waals surface area contributed by atoms with Gasteiger partial charge in [0, 0.05) is 28.3 Å². The van der Waals surface area contributed by atoms with Crippen LogP contribution in [0.2, 0.25) is 10.2 Å². The van der Waals surface area contributed by atoms with Crippen LogP contribution in [0.4, 0.5) is 0 Å². The lowest BCUT2D eigenvalue weighted by molar-refractivity contribution is 0.0929. The van der Waals surface area contributed by atoms with Crippen molar-refractivity contribution in [2.45, 2.75) is 18.9 Å². The summed E-state index contributed by atoms with van der Waals surface area (Å²) in [6.07, 6.45) is 1.44. The van der Waals surface area contributed by atoms with E-state index in [1.54, 1.807) is 6.07 Å². The van der Waals surface area contributed by atoms with Gasteiger partial charge in [-0.3, -0.25) is 9.00 Å². The molecule has 1 N–H and O–H groups in total. The molecule has 1 amide bonds. The molecule has 0 saturated carbocycles. The van der Waals surface area contributed by atoms with Crippen molar-refractivity contribution in [2.75, 3.05) is 11.5 Å². The Bertz CT molecular complexity index is 486. The summed E-state index contributed by atoms with van der Waals surface area (Å²) in [4.78, 5) is 15.9. The second-order valence-electron chi connectivity index (χ2n) is 4.06. The van der Waals surface area contributed by atoms with Crippen LogP contribution in [0.3, 0.4) is 0 Å². The van der Waals surface area contributed by atoms with Crippen LogP contribution < -0.4 is 5.32 Å². The first kappa shape index (κ1) is 13.8. The minimum Gasteiger partial charge on any atom is -0.348 e. The van der Waals surface area contributed by atoms with Crippen molar-refractivity contribution in [1.29, 1.82) is 0 Å². The number of hydrogen-bond donors (Lipinski definition) is 1. The van der Waals surface area contributed by atoms with Crippen LogP contribution in [0.15, 0.2) is 12.1 Å². The predicted octanol–water partition coefficient (Wildman–Crippen LogP) is 2.03. The van der Waals surface area contributed by atoms with Gasteiger partial charge in [0.2, 0.25) is 0 Å². The number of carbonyl (C=O) groups is 1. The van der Waals surface area contributed by atoms with Gasteiger partial charge in [0.15, 0.2) is 0 Å². The zero-order valence-corrected chi connectivity index (χ0v) is 11.8. The topological polar surface area (TPSA) is 59.1 Å². The molecule has 18 heavy (non-hydrogen) atoms. The highest BCUT2D eigenvalue weighted by atomic mass is 35.5. The molecule has 2 rings (SSSR count). The van der Waals surface area contributed by atoms with Gasteiger partial charge >= 0.3 is 0 Å². The second-order valence-corrected chi connectivity index (χ2v) is 6.55. The van der Waals surface area contributed by atoms with Gasteiger partial charge < -0.3 is 5.32 Å². The normalized spacial score (nSPS) is 23.7. The molecule has 1 fully saturated rings. The number of pyridine rings is 1. The molecule has 7 heteroatoms. The summed E-state index contributed by atoms with van der Waals surface area (Å²) in [7, 11) is -0.742. The maximum absolute atomic E-state index is 12.0.